The first-order valence-electron chi connectivity index (χ1n) is 9.83. The quantitative estimate of drug-likeness (QED) is 0.291. The summed E-state index contributed by atoms with van der Waals surface area (Å²) in [6, 6.07) is 6.01. The van der Waals surface area contributed by atoms with Crippen molar-refractivity contribution in [1.29, 1.82) is 0 Å². The van der Waals surface area contributed by atoms with Crippen molar-refractivity contribution < 1.29 is 29.7 Å². The van der Waals surface area contributed by atoms with E-state index in [1.165, 1.54) is 13.0 Å². The third-order valence-corrected chi connectivity index (χ3v) is 4.94. The second-order valence-electron chi connectivity index (χ2n) is 8.01. The van der Waals surface area contributed by atoms with Crippen molar-refractivity contribution in [1.82, 2.24) is 10.4 Å². The van der Waals surface area contributed by atoms with Gasteiger partial charge in [0.15, 0.2) is 0 Å². The molecule has 0 radical (unpaired) electrons. The van der Waals surface area contributed by atoms with Crippen molar-refractivity contribution in [2.24, 2.45) is 0 Å². The molecule has 0 spiro atoms. The highest BCUT2D eigenvalue weighted by molar-refractivity contribution is 6.06. The molecule has 4 N–H and O–H groups in total. The molecule has 2 amide bonds. The Morgan fingerprint density at radius 2 is 1.93 bits per heavy atom. The van der Waals surface area contributed by atoms with Gasteiger partial charge >= 0.3 is 0 Å². The van der Waals surface area contributed by atoms with Gasteiger partial charge in [-0.15, -0.1) is 0 Å². The van der Waals surface area contributed by atoms with Gasteiger partial charge in [0.05, 0.1) is 11.7 Å². The highest BCUT2D eigenvalue weighted by Gasteiger charge is 2.33. The molecule has 8 heteroatoms. The minimum atomic E-state index is -1.12. The van der Waals surface area contributed by atoms with Crippen molar-refractivity contribution in [2.75, 3.05) is 6.61 Å². The van der Waals surface area contributed by atoms with Crippen LogP contribution >= 0.6 is 0 Å². The molecular formula is C22H30N2O6. The molecule has 1 aromatic carbocycles. The summed E-state index contributed by atoms with van der Waals surface area (Å²) in [7, 11) is 0. The summed E-state index contributed by atoms with van der Waals surface area (Å²) in [4.78, 5) is 23.8. The number of benzene rings is 1. The molecule has 1 fully saturated rings. The summed E-state index contributed by atoms with van der Waals surface area (Å²) in [6.07, 6.45) is 3.73. The van der Waals surface area contributed by atoms with Gasteiger partial charge < -0.3 is 20.3 Å². The number of aliphatic hydroxyl groups excluding tert-OH is 1. The van der Waals surface area contributed by atoms with Gasteiger partial charge in [-0.1, -0.05) is 17.7 Å². The van der Waals surface area contributed by atoms with Gasteiger partial charge in [-0.05, 0) is 70.4 Å². The maximum absolute atomic E-state index is 12.0. The smallest absolute Gasteiger partial charge is 0.294 e. The van der Waals surface area contributed by atoms with Gasteiger partial charge in [-0.25, -0.2) is 5.06 Å². The second kappa shape index (κ2) is 9.88. The molecule has 2 unspecified atom stereocenters. The van der Waals surface area contributed by atoms with Crippen LogP contribution in [0.15, 0.2) is 41.6 Å². The maximum Gasteiger partial charge on any atom is 0.294 e. The minimum Gasteiger partial charge on any atom is -0.490 e. The SMILES string of the molecule is CC(=CCOc1ccc(C=C2NC(=O)C(C)N(O)C2=O)cc1)CCC(O)C(C)(C)O. The van der Waals surface area contributed by atoms with Gasteiger partial charge in [-0.3, -0.25) is 14.8 Å². The van der Waals surface area contributed by atoms with Crippen molar-refractivity contribution in [3.05, 3.63) is 47.2 Å². The minimum absolute atomic E-state index is 0.000992. The highest BCUT2D eigenvalue weighted by atomic mass is 16.5. The molecule has 1 aliphatic heterocycles. The monoisotopic (exact) mass is 418 g/mol. The average Bonchev–Trinajstić information content (AvgIpc) is 2.69. The fraction of sp³-hybridized carbons (Fsp3) is 0.455. The molecule has 0 aliphatic carbocycles. The Kier molecular flexibility index (Phi) is 7.77. The lowest BCUT2D eigenvalue weighted by Gasteiger charge is -2.28. The topological polar surface area (TPSA) is 119 Å². The lowest BCUT2D eigenvalue weighted by Crippen LogP contribution is -2.54. The van der Waals surface area contributed by atoms with Crippen molar-refractivity contribution in [2.45, 2.75) is 58.3 Å². The Balaban J connectivity index is 1.89. The molecule has 1 aromatic rings. The number of hydroxylamine groups is 2. The van der Waals surface area contributed by atoms with Crippen LogP contribution in [0.25, 0.3) is 6.08 Å². The van der Waals surface area contributed by atoms with Gasteiger partial charge in [-0.2, -0.15) is 0 Å². The van der Waals surface area contributed by atoms with Crippen LogP contribution in [-0.2, 0) is 9.59 Å². The van der Waals surface area contributed by atoms with Crippen LogP contribution in [-0.4, -0.2) is 56.7 Å². The summed E-state index contributed by atoms with van der Waals surface area (Å²) in [5, 5.41) is 32.2. The number of ether oxygens (including phenoxy) is 1. The molecular weight excluding hydrogens is 388 g/mol. The normalized spacial score (nSPS) is 20.4. The number of nitrogens with one attached hydrogen (secondary N) is 1. The molecule has 0 bridgehead atoms. The maximum atomic E-state index is 12.0. The number of carbonyl (C=O) groups is 2. The van der Waals surface area contributed by atoms with Crippen LogP contribution in [0.4, 0.5) is 0 Å². The number of allylic oxidation sites excluding steroid dienone is 1. The van der Waals surface area contributed by atoms with E-state index >= 15 is 0 Å². The van der Waals surface area contributed by atoms with E-state index in [9.17, 15) is 25.0 Å². The van der Waals surface area contributed by atoms with E-state index in [0.717, 1.165) is 5.57 Å². The molecule has 2 rings (SSSR count). The molecule has 1 saturated heterocycles. The van der Waals surface area contributed by atoms with E-state index in [1.54, 1.807) is 38.1 Å². The molecule has 8 nitrogen and oxygen atoms in total. The fourth-order valence-corrected chi connectivity index (χ4v) is 2.73. The van der Waals surface area contributed by atoms with Crippen molar-refractivity contribution in [3.63, 3.8) is 0 Å². The van der Waals surface area contributed by atoms with Crippen LogP contribution < -0.4 is 10.1 Å². The summed E-state index contributed by atoms with van der Waals surface area (Å²) in [5.74, 6) is -0.493. The van der Waals surface area contributed by atoms with E-state index in [0.29, 0.717) is 35.8 Å². The molecule has 1 aliphatic rings. The van der Waals surface area contributed by atoms with Gasteiger partial charge in [0.25, 0.3) is 5.91 Å². The predicted octanol–water partition coefficient (Wildman–Crippen LogP) is 2.00. The van der Waals surface area contributed by atoms with Crippen LogP contribution in [0.2, 0.25) is 0 Å². The Morgan fingerprint density at radius 3 is 2.53 bits per heavy atom. The Bertz CT molecular complexity index is 823. The Hall–Kier alpha value is -2.68. The lowest BCUT2D eigenvalue weighted by atomic mass is 9.96. The number of hydrogen-bond donors (Lipinski definition) is 4. The molecule has 0 saturated carbocycles. The van der Waals surface area contributed by atoms with Crippen molar-refractivity contribution in [3.8, 4) is 5.75 Å². The first-order chi connectivity index (χ1) is 14.0. The number of carbonyl (C=O) groups excluding carboxylic acids is 2. The number of rotatable bonds is 8. The first kappa shape index (κ1) is 23.6. The molecule has 1 heterocycles. The van der Waals surface area contributed by atoms with E-state index in [1.807, 2.05) is 13.0 Å². The third kappa shape index (κ3) is 6.41. The number of nitrogens with zero attached hydrogens (tertiary/aromatic N) is 1. The van der Waals surface area contributed by atoms with Crippen molar-refractivity contribution >= 4 is 17.9 Å². The summed E-state index contributed by atoms with van der Waals surface area (Å²) < 4.78 is 5.67. The summed E-state index contributed by atoms with van der Waals surface area (Å²) >= 11 is 0. The van der Waals surface area contributed by atoms with E-state index in [-0.39, 0.29) is 5.70 Å². The van der Waals surface area contributed by atoms with E-state index in [2.05, 4.69) is 5.32 Å². The number of hydrogen-bond acceptors (Lipinski definition) is 6. The number of aliphatic hydroxyl groups is 2. The Morgan fingerprint density at radius 1 is 1.30 bits per heavy atom. The van der Waals surface area contributed by atoms with Gasteiger partial charge in [0.1, 0.15) is 24.1 Å². The molecule has 30 heavy (non-hydrogen) atoms. The lowest BCUT2D eigenvalue weighted by molar-refractivity contribution is -0.178. The summed E-state index contributed by atoms with van der Waals surface area (Å²) in [5.41, 5.74) is 0.600. The average molecular weight is 418 g/mol. The standard InChI is InChI=1S/C22H30N2O6/c1-14(5-10-19(25)22(3,4)28)11-12-30-17-8-6-16(7-9-17)13-18-21(27)24(29)15(2)20(26)23-18/h6-9,11,13,15,19,25,28-29H,5,10,12H2,1-4H3,(H,23,26). The number of amides is 2. The highest BCUT2D eigenvalue weighted by Crippen LogP contribution is 2.18. The molecule has 2 atom stereocenters. The van der Waals surface area contributed by atoms with E-state index in [4.69, 9.17) is 4.74 Å². The molecule has 0 aromatic heterocycles. The van der Waals surface area contributed by atoms with E-state index < -0.39 is 29.6 Å². The zero-order valence-corrected chi connectivity index (χ0v) is 17.8. The van der Waals surface area contributed by atoms with Crippen LogP contribution in [0, 0.1) is 0 Å². The Labute approximate surface area is 176 Å². The fourth-order valence-electron chi connectivity index (χ4n) is 2.73. The summed E-state index contributed by atoms with van der Waals surface area (Å²) in [6.45, 7) is 6.89. The number of piperazine rings is 1. The first-order valence-corrected chi connectivity index (χ1v) is 9.83. The van der Waals surface area contributed by atoms with Crippen LogP contribution in [0.1, 0.15) is 46.1 Å². The third-order valence-electron chi connectivity index (χ3n) is 4.94. The zero-order chi connectivity index (χ0) is 22.5. The van der Waals surface area contributed by atoms with Gasteiger partial charge in [0, 0.05) is 0 Å². The predicted molar refractivity (Wildman–Crippen MR) is 111 cm³/mol. The van der Waals surface area contributed by atoms with Crippen LogP contribution in [0.3, 0.4) is 0 Å². The van der Waals surface area contributed by atoms with Gasteiger partial charge in [0.2, 0.25) is 5.91 Å². The van der Waals surface area contributed by atoms with Crippen LogP contribution in [0.5, 0.6) is 5.75 Å². The second-order valence-corrected chi connectivity index (χ2v) is 8.01. The largest absolute Gasteiger partial charge is 0.490 e. The zero-order valence-electron chi connectivity index (χ0n) is 17.8. The molecule has 164 valence electrons.